The van der Waals surface area contributed by atoms with Gasteiger partial charge < -0.3 is 16.0 Å². The first-order valence-electron chi connectivity index (χ1n) is 8.90. The molecule has 0 aliphatic heterocycles. The highest BCUT2D eigenvalue weighted by Gasteiger charge is 2.13. The summed E-state index contributed by atoms with van der Waals surface area (Å²) in [6.45, 7) is 8.75. The van der Waals surface area contributed by atoms with Gasteiger partial charge >= 0.3 is 0 Å². The van der Waals surface area contributed by atoms with Crippen LogP contribution in [0.3, 0.4) is 0 Å². The van der Waals surface area contributed by atoms with E-state index in [1.54, 1.807) is 6.20 Å². The average molecular weight is 342 g/mol. The minimum atomic E-state index is 0.308. The Morgan fingerprint density at radius 2 is 1.92 bits per heavy atom. The van der Waals surface area contributed by atoms with Gasteiger partial charge in [-0.15, -0.1) is 0 Å². The minimum Gasteiger partial charge on any atom is -0.380 e. The molecule has 2 aromatic rings. The molecule has 6 heteroatoms. The predicted molar refractivity (Wildman–Crippen MR) is 105 cm³/mol. The maximum atomic E-state index is 4.66. The van der Waals surface area contributed by atoms with Crippen LogP contribution < -0.4 is 16.0 Å². The Morgan fingerprint density at radius 3 is 2.52 bits per heavy atom. The molecule has 1 aromatic heterocycles. The van der Waals surface area contributed by atoms with E-state index in [4.69, 9.17) is 0 Å². The van der Waals surface area contributed by atoms with E-state index in [1.807, 2.05) is 36.0 Å². The van der Waals surface area contributed by atoms with Crippen molar-refractivity contribution in [3.8, 4) is 0 Å². The first-order valence-corrected chi connectivity index (χ1v) is 8.90. The molecule has 0 amide bonds. The number of anilines is 1. The molecule has 0 bridgehead atoms. The number of benzene rings is 1. The van der Waals surface area contributed by atoms with Crippen LogP contribution in [-0.2, 0) is 13.6 Å². The molecule has 0 saturated carbocycles. The number of guanidine groups is 1. The van der Waals surface area contributed by atoms with Gasteiger partial charge in [0, 0.05) is 38.1 Å². The van der Waals surface area contributed by atoms with Crippen molar-refractivity contribution in [1.29, 1.82) is 0 Å². The Hall–Kier alpha value is -2.50. The molecule has 1 heterocycles. The van der Waals surface area contributed by atoms with Crippen LogP contribution in [0.25, 0.3) is 0 Å². The van der Waals surface area contributed by atoms with Crippen molar-refractivity contribution in [1.82, 2.24) is 20.4 Å². The summed E-state index contributed by atoms with van der Waals surface area (Å²) < 4.78 is 1.85. The molecule has 0 aliphatic rings. The summed E-state index contributed by atoms with van der Waals surface area (Å²) >= 11 is 0. The van der Waals surface area contributed by atoms with Crippen molar-refractivity contribution in [2.75, 3.05) is 18.4 Å². The number of hydrogen-bond donors (Lipinski definition) is 3. The Labute approximate surface area is 150 Å². The lowest BCUT2D eigenvalue weighted by Gasteiger charge is -2.25. The van der Waals surface area contributed by atoms with Crippen molar-refractivity contribution in [3.63, 3.8) is 0 Å². The molecule has 0 aliphatic carbocycles. The van der Waals surface area contributed by atoms with Crippen LogP contribution in [0.5, 0.6) is 0 Å². The van der Waals surface area contributed by atoms with Crippen molar-refractivity contribution >= 4 is 11.6 Å². The normalized spacial score (nSPS) is 12.9. The van der Waals surface area contributed by atoms with Crippen LogP contribution in [0.2, 0.25) is 0 Å². The molecular formula is C19H30N6. The fraction of sp³-hybridized carbons (Fsp3) is 0.474. The fourth-order valence-corrected chi connectivity index (χ4v) is 2.47. The van der Waals surface area contributed by atoms with Gasteiger partial charge in [0.2, 0.25) is 0 Å². The van der Waals surface area contributed by atoms with Gasteiger partial charge in [0.1, 0.15) is 0 Å². The van der Waals surface area contributed by atoms with Gasteiger partial charge in [0.05, 0.1) is 12.2 Å². The third-order valence-electron chi connectivity index (χ3n) is 4.09. The molecule has 3 N–H and O–H groups in total. The summed E-state index contributed by atoms with van der Waals surface area (Å²) in [7, 11) is 1.93. The second-order valence-corrected chi connectivity index (χ2v) is 6.38. The zero-order chi connectivity index (χ0) is 18.1. The van der Waals surface area contributed by atoms with Gasteiger partial charge in [-0.05, 0) is 31.0 Å². The third-order valence-corrected chi connectivity index (χ3v) is 4.09. The summed E-state index contributed by atoms with van der Waals surface area (Å²) in [5, 5.41) is 14.5. The molecule has 6 nitrogen and oxygen atoms in total. The molecule has 0 fully saturated rings. The SMILES string of the molecule is CCNC(=NCc1ccnn1C)NCC(Nc1ccccc1)C(C)C. The number of aliphatic imine (C=N–C) groups is 1. The van der Waals surface area contributed by atoms with Crippen LogP contribution in [0, 0.1) is 5.92 Å². The van der Waals surface area contributed by atoms with Gasteiger partial charge in [0.15, 0.2) is 5.96 Å². The van der Waals surface area contributed by atoms with E-state index in [0.29, 0.717) is 18.5 Å². The zero-order valence-corrected chi connectivity index (χ0v) is 15.7. The Kier molecular flexibility index (Phi) is 7.32. The van der Waals surface area contributed by atoms with Crippen LogP contribution >= 0.6 is 0 Å². The van der Waals surface area contributed by atoms with Gasteiger partial charge in [0.25, 0.3) is 0 Å². The first kappa shape index (κ1) is 18.8. The molecule has 1 unspecified atom stereocenters. The number of hydrogen-bond acceptors (Lipinski definition) is 3. The number of aromatic nitrogens is 2. The Morgan fingerprint density at radius 1 is 1.16 bits per heavy atom. The van der Waals surface area contributed by atoms with E-state index in [1.165, 1.54) is 0 Å². The van der Waals surface area contributed by atoms with E-state index < -0.39 is 0 Å². The molecule has 1 aromatic carbocycles. The second-order valence-electron chi connectivity index (χ2n) is 6.38. The summed E-state index contributed by atoms with van der Waals surface area (Å²) in [6, 6.07) is 12.6. The lowest BCUT2D eigenvalue weighted by molar-refractivity contribution is 0.512. The van der Waals surface area contributed by atoms with Gasteiger partial charge in [-0.3, -0.25) is 4.68 Å². The standard InChI is InChI=1S/C19H30N6/c1-5-20-19(21-13-17-11-12-23-25(17)4)22-14-18(15(2)3)24-16-9-7-6-8-10-16/h6-12,15,18,24H,5,13-14H2,1-4H3,(H2,20,21,22). The number of nitrogens with one attached hydrogen (secondary N) is 3. The topological polar surface area (TPSA) is 66.3 Å². The molecule has 0 saturated heterocycles. The highest BCUT2D eigenvalue weighted by Crippen LogP contribution is 2.11. The number of rotatable bonds is 8. The molecular weight excluding hydrogens is 312 g/mol. The Balaban J connectivity index is 1.96. The smallest absolute Gasteiger partial charge is 0.191 e. The van der Waals surface area contributed by atoms with Crippen molar-refractivity contribution in [2.45, 2.75) is 33.4 Å². The predicted octanol–water partition coefficient (Wildman–Crippen LogP) is 2.61. The number of para-hydroxylation sites is 1. The van der Waals surface area contributed by atoms with Crippen molar-refractivity contribution in [2.24, 2.45) is 18.0 Å². The summed E-state index contributed by atoms with van der Waals surface area (Å²) in [6.07, 6.45) is 1.80. The summed E-state index contributed by atoms with van der Waals surface area (Å²) in [5.41, 5.74) is 2.22. The monoisotopic (exact) mass is 342 g/mol. The van der Waals surface area contributed by atoms with E-state index in [9.17, 15) is 0 Å². The van der Waals surface area contributed by atoms with Crippen LogP contribution in [-0.4, -0.2) is 34.9 Å². The van der Waals surface area contributed by atoms with E-state index in [-0.39, 0.29) is 0 Å². The summed E-state index contributed by atoms with van der Waals surface area (Å²) in [5.74, 6) is 1.32. The maximum Gasteiger partial charge on any atom is 0.191 e. The van der Waals surface area contributed by atoms with Crippen LogP contribution in [0.1, 0.15) is 26.5 Å². The number of aryl methyl sites for hydroxylation is 1. The quantitative estimate of drug-likeness (QED) is 0.510. The number of nitrogens with zero attached hydrogens (tertiary/aromatic N) is 3. The highest BCUT2D eigenvalue weighted by atomic mass is 15.3. The molecule has 25 heavy (non-hydrogen) atoms. The second kappa shape index (κ2) is 9.71. The van der Waals surface area contributed by atoms with Gasteiger partial charge in [-0.2, -0.15) is 5.10 Å². The lowest BCUT2D eigenvalue weighted by atomic mass is 10.0. The summed E-state index contributed by atoms with van der Waals surface area (Å²) in [4.78, 5) is 4.66. The fourth-order valence-electron chi connectivity index (χ4n) is 2.47. The van der Waals surface area contributed by atoms with Gasteiger partial charge in [-0.1, -0.05) is 32.0 Å². The van der Waals surface area contributed by atoms with Crippen molar-refractivity contribution < 1.29 is 0 Å². The van der Waals surface area contributed by atoms with Gasteiger partial charge in [-0.25, -0.2) is 4.99 Å². The van der Waals surface area contributed by atoms with Crippen molar-refractivity contribution in [3.05, 3.63) is 48.3 Å². The van der Waals surface area contributed by atoms with E-state index in [2.05, 4.69) is 58.9 Å². The maximum absolute atomic E-state index is 4.66. The first-order chi connectivity index (χ1) is 12.1. The highest BCUT2D eigenvalue weighted by molar-refractivity contribution is 5.79. The molecule has 1 atom stereocenters. The van der Waals surface area contributed by atoms with E-state index >= 15 is 0 Å². The zero-order valence-electron chi connectivity index (χ0n) is 15.7. The molecule has 136 valence electrons. The molecule has 0 spiro atoms. The van der Waals surface area contributed by atoms with Crippen LogP contribution in [0.4, 0.5) is 5.69 Å². The minimum absolute atomic E-state index is 0.308. The molecule has 0 radical (unpaired) electrons. The van der Waals surface area contributed by atoms with E-state index in [0.717, 1.165) is 30.4 Å². The lowest BCUT2D eigenvalue weighted by Crippen LogP contribution is -2.44. The Bertz CT molecular complexity index is 647. The van der Waals surface area contributed by atoms with Crippen LogP contribution in [0.15, 0.2) is 47.6 Å². The molecule has 2 rings (SSSR count). The third kappa shape index (κ3) is 6.14. The largest absolute Gasteiger partial charge is 0.380 e. The average Bonchev–Trinajstić information content (AvgIpc) is 3.01.